The van der Waals surface area contributed by atoms with Gasteiger partial charge in [0, 0.05) is 6.04 Å². The van der Waals surface area contributed by atoms with E-state index >= 15 is 0 Å². The maximum Gasteiger partial charge on any atom is 0.0136 e. The number of nitrogens with zero attached hydrogens (tertiary/aromatic N) is 1. The molecule has 0 radical (unpaired) electrons. The molecule has 0 spiro atoms. The summed E-state index contributed by atoms with van der Waals surface area (Å²) >= 11 is 0. The monoisotopic (exact) mass is 140 g/mol. The van der Waals surface area contributed by atoms with Crippen LogP contribution in [0.15, 0.2) is 0 Å². The largest absolute Gasteiger partial charge is 0.330 e. The molecular formula is C8H16N2. The minimum absolute atomic E-state index is 0.822. The molecule has 2 heterocycles. The Bertz CT molecular complexity index is 124. The molecular weight excluding hydrogens is 124 g/mol. The first kappa shape index (κ1) is 6.62. The van der Waals surface area contributed by atoms with E-state index in [1.54, 1.807) is 0 Å². The SMILES string of the molecule is NCC1CCN2CCC[C@H]12. The summed E-state index contributed by atoms with van der Waals surface area (Å²) in [5, 5.41) is 0. The Kier molecular flexibility index (Phi) is 1.66. The number of fused-ring (bicyclic) bond motifs is 1. The summed E-state index contributed by atoms with van der Waals surface area (Å²) in [6.07, 6.45) is 4.16. The Morgan fingerprint density at radius 3 is 3.00 bits per heavy atom. The van der Waals surface area contributed by atoms with Crippen molar-refractivity contribution in [1.29, 1.82) is 0 Å². The van der Waals surface area contributed by atoms with Crippen LogP contribution in [-0.2, 0) is 0 Å². The second-order valence-electron chi connectivity index (χ2n) is 3.53. The van der Waals surface area contributed by atoms with Crippen LogP contribution in [0.25, 0.3) is 0 Å². The molecule has 0 aromatic rings. The summed E-state index contributed by atoms with van der Waals surface area (Å²) in [6.45, 7) is 3.55. The normalized spacial score (nSPS) is 40.5. The predicted molar refractivity (Wildman–Crippen MR) is 41.8 cm³/mol. The molecule has 2 fully saturated rings. The Morgan fingerprint density at radius 2 is 2.20 bits per heavy atom. The van der Waals surface area contributed by atoms with Gasteiger partial charge in [0.25, 0.3) is 0 Å². The van der Waals surface area contributed by atoms with E-state index in [1.165, 1.54) is 32.4 Å². The summed E-state index contributed by atoms with van der Waals surface area (Å²) in [7, 11) is 0. The topological polar surface area (TPSA) is 29.3 Å². The zero-order valence-corrected chi connectivity index (χ0v) is 6.42. The van der Waals surface area contributed by atoms with Crippen molar-refractivity contribution in [3.05, 3.63) is 0 Å². The highest BCUT2D eigenvalue weighted by Crippen LogP contribution is 2.31. The first-order valence-corrected chi connectivity index (χ1v) is 4.36. The smallest absolute Gasteiger partial charge is 0.0136 e. The predicted octanol–water partition coefficient (Wildman–Crippen LogP) is 0.429. The van der Waals surface area contributed by atoms with Crippen molar-refractivity contribution in [2.24, 2.45) is 11.7 Å². The minimum atomic E-state index is 0.822. The second kappa shape index (κ2) is 2.51. The Balaban J connectivity index is 2.01. The van der Waals surface area contributed by atoms with Crippen LogP contribution in [0.3, 0.4) is 0 Å². The van der Waals surface area contributed by atoms with Gasteiger partial charge in [-0.2, -0.15) is 0 Å². The minimum Gasteiger partial charge on any atom is -0.330 e. The number of hydrogen-bond acceptors (Lipinski definition) is 2. The molecule has 1 unspecified atom stereocenters. The van der Waals surface area contributed by atoms with E-state index in [9.17, 15) is 0 Å². The van der Waals surface area contributed by atoms with Gasteiger partial charge < -0.3 is 10.6 Å². The van der Waals surface area contributed by atoms with Crippen molar-refractivity contribution in [3.8, 4) is 0 Å². The van der Waals surface area contributed by atoms with E-state index < -0.39 is 0 Å². The Labute approximate surface area is 62.4 Å². The fourth-order valence-electron chi connectivity index (χ4n) is 2.46. The zero-order valence-electron chi connectivity index (χ0n) is 6.42. The first-order valence-electron chi connectivity index (χ1n) is 4.36. The quantitative estimate of drug-likeness (QED) is 0.572. The fraction of sp³-hybridized carbons (Fsp3) is 1.00. The molecule has 2 aliphatic heterocycles. The van der Waals surface area contributed by atoms with Crippen molar-refractivity contribution in [3.63, 3.8) is 0 Å². The molecule has 0 saturated carbocycles. The maximum absolute atomic E-state index is 5.66. The van der Waals surface area contributed by atoms with Gasteiger partial charge in [0.15, 0.2) is 0 Å². The van der Waals surface area contributed by atoms with Gasteiger partial charge in [-0.15, -0.1) is 0 Å². The highest BCUT2D eigenvalue weighted by Gasteiger charge is 2.35. The average molecular weight is 140 g/mol. The molecule has 0 aliphatic carbocycles. The second-order valence-corrected chi connectivity index (χ2v) is 3.53. The van der Waals surface area contributed by atoms with Crippen LogP contribution in [0.4, 0.5) is 0 Å². The van der Waals surface area contributed by atoms with Crippen LogP contribution in [0.5, 0.6) is 0 Å². The van der Waals surface area contributed by atoms with Crippen molar-refractivity contribution >= 4 is 0 Å². The molecule has 10 heavy (non-hydrogen) atoms. The lowest BCUT2D eigenvalue weighted by molar-refractivity contribution is 0.293. The molecule has 2 aliphatic rings. The van der Waals surface area contributed by atoms with Gasteiger partial charge in [0.05, 0.1) is 0 Å². The molecule has 0 amide bonds. The van der Waals surface area contributed by atoms with E-state index in [0.717, 1.165) is 18.5 Å². The van der Waals surface area contributed by atoms with Gasteiger partial charge >= 0.3 is 0 Å². The number of hydrogen-bond donors (Lipinski definition) is 1. The van der Waals surface area contributed by atoms with Crippen molar-refractivity contribution in [1.82, 2.24) is 4.90 Å². The highest BCUT2D eigenvalue weighted by molar-refractivity contribution is 4.91. The highest BCUT2D eigenvalue weighted by atomic mass is 15.2. The first-order chi connectivity index (χ1) is 4.92. The average Bonchev–Trinajstić information content (AvgIpc) is 2.44. The number of nitrogens with two attached hydrogens (primary N) is 1. The summed E-state index contributed by atoms with van der Waals surface area (Å²) < 4.78 is 0. The Hall–Kier alpha value is -0.0800. The molecule has 2 atom stereocenters. The molecule has 0 aromatic carbocycles. The van der Waals surface area contributed by atoms with Gasteiger partial charge in [0.1, 0.15) is 0 Å². The lowest BCUT2D eigenvalue weighted by Gasteiger charge is -2.18. The van der Waals surface area contributed by atoms with Crippen LogP contribution in [0.1, 0.15) is 19.3 Å². The molecule has 0 aromatic heterocycles. The van der Waals surface area contributed by atoms with Gasteiger partial charge in [0.2, 0.25) is 0 Å². The molecule has 2 heteroatoms. The third-order valence-electron chi connectivity index (χ3n) is 3.05. The number of rotatable bonds is 1. The lowest BCUT2D eigenvalue weighted by Crippen LogP contribution is -2.29. The molecule has 2 saturated heterocycles. The van der Waals surface area contributed by atoms with Gasteiger partial charge in [-0.1, -0.05) is 0 Å². The van der Waals surface area contributed by atoms with E-state index in [2.05, 4.69) is 4.90 Å². The van der Waals surface area contributed by atoms with Crippen molar-refractivity contribution in [2.75, 3.05) is 19.6 Å². The van der Waals surface area contributed by atoms with Crippen LogP contribution >= 0.6 is 0 Å². The van der Waals surface area contributed by atoms with E-state index in [0.29, 0.717) is 0 Å². The summed E-state index contributed by atoms with van der Waals surface area (Å²) in [6, 6.07) is 0.866. The van der Waals surface area contributed by atoms with Gasteiger partial charge in [-0.25, -0.2) is 0 Å². The van der Waals surface area contributed by atoms with Crippen LogP contribution in [0.2, 0.25) is 0 Å². The zero-order chi connectivity index (χ0) is 6.97. The summed E-state index contributed by atoms with van der Waals surface area (Å²) in [5.74, 6) is 0.822. The maximum atomic E-state index is 5.66. The molecule has 58 valence electrons. The van der Waals surface area contributed by atoms with Crippen LogP contribution in [-0.4, -0.2) is 30.6 Å². The van der Waals surface area contributed by atoms with Gasteiger partial charge in [-0.3, -0.25) is 0 Å². The fourth-order valence-corrected chi connectivity index (χ4v) is 2.46. The van der Waals surface area contributed by atoms with E-state index in [-0.39, 0.29) is 0 Å². The third-order valence-corrected chi connectivity index (χ3v) is 3.05. The van der Waals surface area contributed by atoms with Gasteiger partial charge in [-0.05, 0) is 44.8 Å². The molecule has 0 bridgehead atoms. The van der Waals surface area contributed by atoms with Crippen molar-refractivity contribution < 1.29 is 0 Å². The standard InChI is InChI=1S/C8H16N2/c9-6-7-3-5-10-4-1-2-8(7)10/h7-8H,1-6,9H2/t7?,8-/m1/s1. The third kappa shape index (κ3) is 0.867. The van der Waals surface area contributed by atoms with Crippen LogP contribution < -0.4 is 5.73 Å². The molecule has 2 nitrogen and oxygen atoms in total. The summed E-state index contributed by atoms with van der Waals surface area (Å²) in [4.78, 5) is 2.61. The molecule has 2 rings (SSSR count). The van der Waals surface area contributed by atoms with E-state index in [4.69, 9.17) is 5.73 Å². The van der Waals surface area contributed by atoms with Crippen LogP contribution in [0, 0.1) is 5.92 Å². The van der Waals surface area contributed by atoms with E-state index in [1.807, 2.05) is 0 Å². The Morgan fingerprint density at radius 1 is 1.30 bits per heavy atom. The molecule has 2 N–H and O–H groups in total. The lowest BCUT2D eigenvalue weighted by atomic mass is 9.99. The van der Waals surface area contributed by atoms with Crippen molar-refractivity contribution in [2.45, 2.75) is 25.3 Å². The summed E-state index contributed by atoms with van der Waals surface area (Å²) in [5.41, 5.74) is 5.66.